The van der Waals surface area contributed by atoms with E-state index < -0.39 is 16.5 Å². The molecule has 0 amide bonds. The van der Waals surface area contributed by atoms with Crippen LogP contribution in [0.25, 0.3) is 10.4 Å². The van der Waals surface area contributed by atoms with Gasteiger partial charge in [0.15, 0.2) is 0 Å². The van der Waals surface area contributed by atoms with Crippen molar-refractivity contribution in [3.63, 3.8) is 0 Å². The molecule has 3 unspecified atom stereocenters. The maximum absolute atomic E-state index is 11.8. The lowest BCUT2D eigenvalue weighted by atomic mass is 9.43. The number of nitrogens with one attached hydrogen (secondary N) is 1. The summed E-state index contributed by atoms with van der Waals surface area (Å²) in [7, 11) is -4.47. The van der Waals surface area contributed by atoms with E-state index in [0.29, 0.717) is 48.5 Å². The number of aliphatic hydroxyl groups excluding tert-OH is 1. The van der Waals surface area contributed by atoms with Crippen molar-refractivity contribution in [2.75, 3.05) is 26.2 Å². The van der Waals surface area contributed by atoms with Crippen LogP contribution < -0.4 is 5.32 Å². The van der Waals surface area contributed by atoms with E-state index in [1.807, 2.05) is 13.8 Å². The van der Waals surface area contributed by atoms with E-state index in [1.165, 1.54) is 37.8 Å². The molecule has 0 aromatic heterocycles. The molecular formula is C34H61N5O5S. The standard InChI is InChI=1S/C34H61N5O5S/c1-23(2)31(44-45(41,42)43)12-9-24(3)27-10-11-28-32-29(14-16-34(27,28)5)33(4)15-13-26(21-25(33)22-30(32)40)37-19-8-18-36-17-6-7-20-38-39-35/h23-25,27-32,36,40H,6-22H2,1-5H3,(H,41,42,43)/t24-,25-,27-,28?,29?,30-,31-,32?,33+,34-/m1/s1. The van der Waals surface area contributed by atoms with Crippen LogP contribution in [0.5, 0.6) is 0 Å². The van der Waals surface area contributed by atoms with Gasteiger partial charge in [0.05, 0.1) is 12.2 Å². The normalized spacial score (nSPS) is 37.0. The van der Waals surface area contributed by atoms with E-state index in [9.17, 15) is 18.1 Å². The zero-order valence-electron chi connectivity index (χ0n) is 28.5. The Morgan fingerprint density at radius 2 is 1.76 bits per heavy atom. The molecule has 4 aliphatic rings. The van der Waals surface area contributed by atoms with Gasteiger partial charge in [-0.05, 0) is 154 Å². The molecule has 4 fully saturated rings. The van der Waals surface area contributed by atoms with Gasteiger partial charge in [-0.25, -0.2) is 4.18 Å². The summed E-state index contributed by atoms with van der Waals surface area (Å²) in [6, 6.07) is 0. The van der Waals surface area contributed by atoms with Crippen LogP contribution in [-0.2, 0) is 14.6 Å². The Bertz CT molecular complexity index is 1160. The minimum Gasteiger partial charge on any atom is -0.393 e. The number of unbranched alkanes of at least 4 members (excludes halogenated alkanes) is 1. The largest absolute Gasteiger partial charge is 0.397 e. The Hall–Kier alpha value is -1.23. The number of aliphatic hydroxyl groups is 1. The maximum atomic E-state index is 11.8. The molecule has 0 bridgehead atoms. The zero-order valence-corrected chi connectivity index (χ0v) is 29.3. The second-order valence-electron chi connectivity index (χ2n) is 15.8. The summed E-state index contributed by atoms with van der Waals surface area (Å²) in [5.41, 5.74) is 10.2. The highest BCUT2D eigenvalue weighted by atomic mass is 32.3. The molecule has 0 aromatic rings. The topological polar surface area (TPSA) is 157 Å². The lowest BCUT2D eigenvalue weighted by Crippen LogP contribution is -2.58. The highest BCUT2D eigenvalue weighted by molar-refractivity contribution is 7.80. The van der Waals surface area contributed by atoms with Crippen LogP contribution in [0.4, 0.5) is 0 Å². The molecule has 4 aliphatic carbocycles. The van der Waals surface area contributed by atoms with Gasteiger partial charge in [-0.1, -0.05) is 39.7 Å². The van der Waals surface area contributed by atoms with Gasteiger partial charge in [0.1, 0.15) is 0 Å². The van der Waals surface area contributed by atoms with Gasteiger partial charge in [-0.2, -0.15) is 8.42 Å². The van der Waals surface area contributed by atoms with Crippen molar-refractivity contribution in [2.24, 2.45) is 62.4 Å². The highest BCUT2D eigenvalue weighted by Crippen LogP contribution is 2.68. The zero-order chi connectivity index (χ0) is 32.8. The number of azide groups is 1. The predicted octanol–water partition coefficient (Wildman–Crippen LogP) is 7.39. The molecule has 45 heavy (non-hydrogen) atoms. The Labute approximate surface area is 272 Å². The van der Waals surface area contributed by atoms with Gasteiger partial charge >= 0.3 is 10.4 Å². The van der Waals surface area contributed by atoms with Gasteiger partial charge in [0.25, 0.3) is 0 Å². The van der Waals surface area contributed by atoms with Crippen molar-refractivity contribution in [1.82, 2.24) is 5.32 Å². The fourth-order valence-electron chi connectivity index (χ4n) is 10.5. The Morgan fingerprint density at radius 3 is 2.47 bits per heavy atom. The first-order chi connectivity index (χ1) is 21.3. The molecule has 0 radical (unpaired) electrons. The van der Waals surface area contributed by atoms with E-state index in [2.05, 4.69) is 36.1 Å². The van der Waals surface area contributed by atoms with Crippen LogP contribution in [0.15, 0.2) is 10.1 Å². The van der Waals surface area contributed by atoms with Crippen molar-refractivity contribution in [1.29, 1.82) is 0 Å². The smallest absolute Gasteiger partial charge is 0.393 e. The van der Waals surface area contributed by atoms with E-state index in [-0.39, 0.29) is 22.9 Å². The summed E-state index contributed by atoms with van der Waals surface area (Å²) in [6.07, 6.45) is 12.6. The number of nitrogens with zero attached hydrogens (tertiary/aromatic N) is 4. The SMILES string of the molecule is CC(C)[C@@H](CC[C@@H](C)[C@H]1CCC2C3C(CC[C@@]21C)[C@@]1(C)CCC(=NCCCNCCCCN=[N+]=[N-])C[C@@H]1C[C@H]3O)OS(=O)(=O)O. The average Bonchev–Trinajstić information content (AvgIpc) is 3.33. The van der Waals surface area contributed by atoms with E-state index in [0.717, 1.165) is 64.6 Å². The number of hydrogen-bond acceptors (Lipinski definition) is 7. The Morgan fingerprint density at radius 1 is 1.02 bits per heavy atom. The number of aliphatic imine (C=N–C) groups is 1. The summed E-state index contributed by atoms with van der Waals surface area (Å²) >= 11 is 0. The van der Waals surface area contributed by atoms with Gasteiger partial charge < -0.3 is 10.4 Å². The fraction of sp³-hybridized carbons (Fsp3) is 0.971. The van der Waals surface area contributed by atoms with Crippen LogP contribution in [0, 0.1) is 52.3 Å². The van der Waals surface area contributed by atoms with Crippen LogP contribution in [-0.4, -0.2) is 62.2 Å². The first kappa shape index (κ1) is 36.6. The number of fused-ring (bicyclic) bond motifs is 5. The third kappa shape index (κ3) is 8.82. The van der Waals surface area contributed by atoms with Crippen LogP contribution in [0.2, 0.25) is 0 Å². The molecule has 258 valence electrons. The summed E-state index contributed by atoms with van der Waals surface area (Å²) in [5, 5.41) is 18.8. The maximum Gasteiger partial charge on any atom is 0.397 e. The quantitative estimate of drug-likeness (QED) is 0.0519. The first-order valence-electron chi connectivity index (χ1n) is 17.9. The summed E-state index contributed by atoms with van der Waals surface area (Å²) in [6.45, 7) is 14.5. The van der Waals surface area contributed by atoms with Crippen molar-refractivity contribution in [3.05, 3.63) is 10.4 Å². The molecule has 0 saturated heterocycles. The highest BCUT2D eigenvalue weighted by Gasteiger charge is 2.62. The lowest BCUT2D eigenvalue weighted by Gasteiger charge is -2.62. The van der Waals surface area contributed by atoms with Crippen LogP contribution in [0.1, 0.15) is 118 Å². The molecular weight excluding hydrogens is 590 g/mol. The van der Waals surface area contributed by atoms with E-state index in [1.54, 1.807) is 0 Å². The Balaban J connectivity index is 1.30. The molecule has 0 aromatic carbocycles. The van der Waals surface area contributed by atoms with Gasteiger partial charge in [-0.15, -0.1) is 0 Å². The minimum absolute atomic E-state index is 0.00345. The molecule has 0 heterocycles. The monoisotopic (exact) mass is 651 g/mol. The molecule has 11 heteroatoms. The third-order valence-corrected chi connectivity index (χ3v) is 13.4. The second kappa shape index (κ2) is 15.8. The van der Waals surface area contributed by atoms with E-state index in [4.69, 9.17) is 14.7 Å². The summed E-state index contributed by atoms with van der Waals surface area (Å²) < 4.78 is 37.1. The number of rotatable bonds is 16. The minimum atomic E-state index is -4.47. The third-order valence-electron chi connectivity index (χ3n) is 12.9. The fourth-order valence-corrected chi connectivity index (χ4v) is 11.1. The van der Waals surface area contributed by atoms with Gasteiger partial charge in [-0.3, -0.25) is 9.55 Å². The lowest BCUT2D eigenvalue weighted by molar-refractivity contribution is -0.157. The summed E-state index contributed by atoms with van der Waals surface area (Å²) in [4.78, 5) is 7.82. The van der Waals surface area contributed by atoms with Gasteiger partial charge in [0, 0.05) is 23.7 Å². The molecule has 3 N–H and O–H groups in total. The van der Waals surface area contributed by atoms with Crippen molar-refractivity contribution >= 4 is 16.1 Å². The molecule has 0 aliphatic heterocycles. The second-order valence-corrected chi connectivity index (χ2v) is 16.9. The van der Waals surface area contributed by atoms with Crippen molar-refractivity contribution in [3.8, 4) is 0 Å². The molecule has 0 spiro atoms. The Kier molecular flexibility index (Phi) is 12.8. The van der Waals surface area contributed by atoms with Gasteiger partial charge in [0.2, 0.25) is 0 Å². The van der Waals surface area contributed by atoms with Crippen LogP contribution >= 0.6 is 0 Å². The molecule has 4 saturated carbocycles. The average molecular weight is 652 g/mol. The van der Waals surface area contributed by atoms with Crippen molar-refractivity contribution < 1.29 is 22.3 Å². The van der Waals surface area contributed by atoms with E-state index >= 15 is 0 Å². The van der Waals surface area contributed by atoms with Crippen molar-refractivity contribution in [2.45, 2.75) is 130 Å². The predicted molar refractivity (Wildman–Crippen MR) is 179 cm³/mol. The summed E-state index contributed by atoms with van der Waals surface area (Å²) in [5.74, 6) is 2.96. The molecule has 4 rings (SSSR count). The van der Waals surface area contributed by atoms with Crippen LogP contribution in [0.3, 0.4) is 0 Å². The molecule has 10 atom stereocenters. The molecule has 10 nitrogen and oxygen atoms in total. The number of hydrogen-bond donors (Lipinski definition) is 3. The first-order valence-corrected chi connectivity index (χ1v) is 19.2.